The Morgan fingerprint density at radius 2 is 1.95 bits per heavy atom. The van der Waals surface area contributed by atoms with Gasteiger partial charge in [0.2, 0.25) is 5.95 Å². The normalized spacial score (nSPS) is 15.6. The van der Waals surface area contributed by atoms with Crippen molar-refractivity contribution in [3.63, 3.8) is 0 Å². The molecule has 5 heteroatoms. The van der Waals surface area contributed by atoms with Gasteiger partial charge in [0.05, 0.1) is 5.69 Å². The third kappa shape index (κ3) is 3.22. The fourth-order valence-electron chi connectivity index (χ4n) is 1.97. The molecule has 0 atom stereocenters. The van der Waals surface area contributed by atoms with Crippen LogP contribution in [0.4, 0.5) is 0 Å². The van der Waals surface area contributed by atoms with Crippen LogP contribution in [0.15, 0.2) is 24.7 Å². The highest BCUT2D eigenvalue weighted by molar-refractivity contribution is 5.19. The van der Waals surface area contributed by atoms with Crippen molar-refractivity contribution in [3.05, 3.63) is 35.9 Å². The van der Waals surface area contributed by atoms with E-state index in [1.165, 1.54) is 12.8 Å². The molecule has 5 nitrogen and oxygen atoms in total. The van der Waals surface area contributed by atoms with Crippen molar-refractivity contribution in [2.24, 2.45) is 0 Å². The van der Waals surface area contributed by atoms with Crippen molar-refractivity contribution in [2.45, 2.75) is 51.6 Å². The Morgan fingerprint density at radius 1 is 1.25 bits per heavy atom. The number of rotatable bonds is 4. The fraction of sp³-hybridized carbons (Fsp3) is 0.533. The lowest BCUT2D eigenvalue weighted by molar-refractivity contribution is 0.423. The van der Waals surface area contributed by atoms with E-state index in [0.29, 0.717) is 11.9 Å². The van der Waals surface area contributed by atoms with E-state index in [2.05, 4.69) is 47.2 Å². The largest absolute Gasteiger partial charge is 0.308 e. The highest BCUT2D eigenvalue weighted by atomic mass is 15.3. The Hall–Kier alpha value is -1.75. The zero-order chi connectivity index (χ0) is 14.2. The number of nitrogens with one attached hydrogen (secondary N) is 1. The number of hydrogen-bond acceptors (Lipinski definition) is 4. The molecule has 0 aliphatic heterocycles. The Balaban J connectivity index is 1.68. The number of nitrogens with zero attached hydrogens (tertiary/aromatic N) is 4. The van der Waals surface area contributed by atoms with E-state index in [0.717, 1.165) is 17.8 Å². The summed E-state index contributed by atoms with van der Waals surface area (Å²) in [5.41, 5.74) is 2.34. The van der Waals surface area contributed by atoms with Crippen molar-refractivity contribution < 1.29 is 0 Å². The van der Waals surface area contributed by atoms with Gasteiger partial charge in [0, 0.05) is 42.2 Å². The Morgan fingerprint density at radius 3 is 2.55 bits per heavy atom. The van der Waals surface area contributed by atoms with E-state index in [9.17, 15) is 0 Å². The zero-order valence-corrected chi connectivity index (χ0v) is 12.3. The van der Waals surface area contributed by atoms with E-state index >= 15 is 0 Å². The summed E-state index contributed by atoms with van der Waals surface area (Å²) in [6.07, 6.45) is 8.18. The van der Waals surface area contributed by atoms with E-state index in [1.54, 1.807) is 4.68 Å². The van der Waals surface area contributed by atoms with Crippen molar-refractivity contribution in [2.75, 3.05) is 0 Å². The molecule has 1 aliphatic rings. The Kier molecular flexibility index (Phi) is 3.30. The van der Waals surface area contributed by atoms with E-state index in [-0.39, 0.29) is 5.54 Å². The molecular weight excluding hydrogens is 250 g/mol. The lowest BCUT2D eigenvalue weighted by Crippen LogP contribution is -2.35. The van der Waals surface area contributed by atoms with Crippen LogP contribution in [0.1, 0.15) is 50.8 Å². The predicted molar refractivity (Wildman–Crippen MR) is 77.7 cm³/mol. The average molecular weight is 271 g/mol. The second-order valence-corrected chi connectivity index (χ2v) is 6.45. The summed E-state index contributed by atoms with van der Waals surface area (Å²) in [7, 11) is 0. The third-order valence-corrected chi connectivity index (χ3v) is 3.32. The predicted octanol–water partition coefficient (Wildman–Crippen LogP) is 2.43. The maximum atomic E-state index is 4.53. The maximum Gasteiger partial charge on any atom is 0.250 e. The van der Waals surface area contributed by atoms with Gasteiger partial charge in [0.1, 0.15) is 0 Å². The van der Waals surface area contributed by atoms with Crippen LogP contribution in [-0.2, 0) is 6.54 Å². The van der Waals surface area contributed by atoms with E-state index in [1.807, 2.05) is 18.6 Å². The molecule has 0 spiro atoms. The molecule has 1 saturated carbocycles. The second kappa shape index (κ2) is 4.98. The summed E-state index contributed by atoms with van der Waals surface area (Å²) in [5, 5.41) is 7.96. The molecule has 2 aromatic heterocycles. The van der Waals surface area contributed by atoms with Gasteiger partial charge in [-0.2, -0.15) is 5.10 Å². The van der Waals surface area contributed by atoms with Crippen LogP contribution in [0, 0.1) is 0 Å². The van der Waals surface area contributed by atoms with Gasteiger partial charge in [-0.15, -0.1) is 0 Å². The SMILES string of the molecule is CC(C)(C)NCc1cnc(-n2ccc(C3CC3)n2)nc1. The summed E-state index contributed by atoms with van der Waals surface area (Å²) in [6.45, 7) is 7.21. The molecule has 0 aromatic carbocycles. The minimum absolute atomic E-state index is 0.0970. The van der Waals surface area contributed by atoms with Gasteiger partial charge in [0.25, 0.3) is 0 Å². The molecular formula is C15H21N5. The van der Waals surface area contributed by atoms with Gasteiger partial charge in [-0.05, 0) is 39.7 Å². The quantitative estimate of drug-likeness (QED) is 0.928. The average Bonchev–Trinajstić information content (AvgIpc) is 3.14. The molecule has 0 saturated heterocycles. The van der Waals surface area contributed by atoms with Crippen LogP contribution in [0.2, 0.25) is 0 Å². The van der Waals surface area contributed by atoms with Crippen molar-refractivity contribution >= 4 is 0 Å². The maximum absolute atomic E-state index is 4.53. The van der Waals surface area contributed by atoms with Crippen molar-refractivity contribution in [3.8, 4) is 5.95 Å². The highest BCUT2D eigenvalue weighted by Gasteiger charge is 2.26. The smallest absolute Gasteiger partial charge is 0.250 e. The topological polar surface area (TPSA) is 55.6 Å². The van der Waals surface area contributed by atoms with Crippen molar-refractivity contribution in [1.29, 1.82) is 0 Å². The minimum Gasteiger partial charge on any atom is -0.308 e. The third-order valence-electron chi connectivity index (χ3n) is 3.32. The van der Waals surface area contributed by atoms with Gasteiger partial charge in [0.15, 0.2) is 0 Å². The lowest BCUT2D eigenvalue weighted by Gasteiger charge is -2.20. The Bertz CT molecular complexity index is 575. The van der Waals surface area contributed by atoms with Crippen LogP contribution in [-0.4, -0.2) is 25.3 Å². The first-order chi connectivity index (χ1) is 9.51. The summed E-state index contributed by atoms with van der Waals surface area (Å²) in [4.78, 5) is 8.78. The van der Waals surface area contributed by atoms with Gasteiger partial charge < -0.3 is 5.32 Å². The van der Waals surface area contributed by atoms with Gasteiger partial charge in [-0.3, -0.25) is 0 Å². The molecule has 2 aromatic rings. The van der Waals surface area contributed by atoms with Gasteiger partial charge >= 0.3 is 0 Å². The zero-order valence-electron chi connectivity index (χ0n) is 12.3. The Labute approximate surface area is 119 Å². The fourth-order valence-corrected chi connectivity index (χ4v) is 1.97. The molecule has 3 rings (SSSR count). The second-order valence-electron chi connectivity index (χ2n) is 6.45. The molecule has 20 heavy (non-hydrogen) atoms. The molecule has 1 N–H and O–H groups in total. The monoisotopic (exact) mass is 271 g/mol. The highest BCUT2D eigenvalue weighted by Crippen LogP contribution is 2.38. The lowest BCUT2D eigenvalue weighted by atomic mass is 10.1. The van der Waals surface area contributed by atoms with Crippen LogP contribution in [0.25, 0.3) is 5.95 Å². The molecule has 106 valence electrons. The van der Waals surface area contributed by atoms with Gasteiger partial charge in [-0.1, -0.05) is 0 Å². The van der Waals surface area contributed by atoms with Crippen LogP contribution in [0.5, 0.6) is 0 Å². The summed E-state index contributed by atoms with van der Waals surface area (Å²) in [5.74, 6) is 1.29. The molecule has 2 heterocycles. The van der Waals surface area contributed by atoms with Crippen LogP contribution in [0.3, 0.4) is 0 Å². The minimum atomic E-state index is 0.0970. The first kappa shape index (κ1) is 13.2. The summed E-state index contributed by atoms with van der Waals surface area (Å²) >= 11 is 0. The molecule has 0 unspecified atom stereocenters. The molecule has 1 aliphatic carbocycles. The number of aromatic nitrogens is 4. The van der Waals surface area contributed by atoms with Gasteiger partial charge in [-0.25, -0.2) is 14.6 Å². The van der Waals surface area contributed by atoms with Crippen LogP contribution >= 0.6 is 0 Å². The van der Waals surface area contributed by atoms with Crippen molar-refractivity contribution in [1.82, 2.24) is 25.1 Å². The first-order valence-electron chi connectivity index (χ1n) is 7.13. The molecule has 0 radical (unpaired) electrons. The summed E-state index contributed by atoms with van der Waals surface area (Å²) in [6, 6.07) is 2.07. The van der Waals surface area contributed by atoms with Crippen LogP contribution < -0.4 is 5.32 Å². The summed E-state index contributed by atoms with van der Waals surface area (Å²) < 4.78 is 1.76. The molecule has 0 amide bonds. The standard InChI is InChI=1S/C15H21N5/c1-15(2,3)18-10-11-8-16-14(17-9-11)20-7-6-13(19-20)12-4-5-12/h6-9,12,18H,4-5,10H2,1-3H3. The molecule has 1 fully saturated rings. The van der Waals surface area contributed by atoms with E-state index < -0.39 is 0 Å². The molecule has 0 bridgehead atoms. The number of hydrogen-bond donors (Lipinski definition) is 1. The van der Waals surface area contributed by atoms with E-state index in [4.69, 9.17) is 0 Å². The first-order valence-corrected chi connectivity index (χ1v) is 7.13.